The van der Waals surface area contributed by atoms with Crippen LogP contribution in [0.1, 0.15) is 0 Å². The van der Waals surface area contributed by atoms with E-state index < -0.39 is 0 Å². The maximum Gasteiger partial charge on any atom is 0.0471 e. The molecule has 0 spiro atoms. The molecular weight excluding hydrogens is 230 g/mol. The van der Waals surface area contributed by atoms with Crippen LogP contribution >= 0.6 is 0 Å². The number of rotatable bonds is 1. The summed E-state index contributed by atoms with van der Waals surface area (Å²) < 4.78 is 0. The number of nitrogens with one attached hydrogen (secondary N) is 1. The Balaban J connectivity index is 2.17. The number of benzene rings is 3. The lowest BCUT2D eigenvalue weighted by molar-refractivity contribution is 1.54. The zero-order valence-corrected chi connectivity index (χ0v) is 10.4. The van der Waals surface area contributed by atoms with Crippen molar-refractivity contribution in [3.8, 4) is 11.1 Å². The zero-order chi connectivity index (χ0) is 12.7. The summed E-state index contributed by atoms with van der Waals surface area (Å²) in [5.74, 6) is 0. The molecule has 1 heteroatoms. The minimum absolute atomic E-state index is 1.14. The minimum Gasteiger partial charge on any atom is -0.354 e. The summed E-state index contributed by atoms with van der Waals surface area (Å²) in [6.07, 6.45) is 0. The fraction of sp³-hybridized carbons (Fsp3) is 0. The highest BCUT2D eigenvalue weighted by Gasteiger charge is 2.09. The number of H-pyrrole nitrogens is 1. The summed E-state index contributed by atoms with van der Waals surface area (Å²) in [5.41, 5.74) is 4.73. The molecule has 0 fully saturated rings. The first kappa shape index (κ1) is 10.4. The van der Waals surface area contributed by atoms with Crippen LogP contribution in [-0.2, 0) is 0 Å². The number of aromatic nitrogens is 1. The Morgan fingerprint density at radius 3 is 2.47 bits per heavy atom. The predicted molar refractivity (Wildman–Crippen MR) is 80.1 cm³/mol. The second kappa shape index (κ2) is 3.99. The lowest BCUT2D eigenvalue weighted by Crippen LogP contribution is -1.79. The first-order chi connectivity index (χ1) is 9.43. The smallest absolute Gasteiger partial charge is 0.0471 e. The van der Waals surface area contributed by atoms with Crippen molar-refractivity contribution < 1.29 is 0 Å². The summed E-state index contributed by atoms with van der Waals surface area (Å²) in [6.45, 7) is 0. The summed E-state index contributed by atoms with van der Waals surface area (Å²) in [4.78, 5) is 3.47. The lowest BCUT2D eigenvalue weighted by Gasteiger charge is -2.03. The van der Waals surface area contributed by atoms with Gasteiger partial charge in [0, 0.05) is 21.8 Å². The first-order valence-electron chi connectivity index (χ1n) is 6.40. The van der Waals surface area contributed by atoms with Crippen molar-refractivity contribution in [1.82, 2.24) is 4.98 Å². The van der Waals surface area contributed by atoms with Crippen LogP contribution in [0.5, 0.6) is 0 Å². The molecule has 1 nitrogen and oxygen atoms in total. The third-order valence-electron chi connectivity index (χ3n) is 3.53. The molecular formula is C18H12N. The van der Waals surface area contributed by atoms with E-state index >= 15 is 0 Å². The Labute approximate surface area is 111 Å². The highest BCUT2D eigenvalue weighted by Crippen LogP contribution is 2.33. The molecule has 4 rings (SSSR count). The zero-order valence-electron chi connectivity index (χ0n) is 10.4. The molecule has 4 aromatic rings. The van der Waals surface area contributed by atoms with Crippen LogP contribution in [0, 0.1) is 6.07 Å². The molecule has 0 atom stereocenters. The molecule has 19 heavy (non-hydrogen) atoms. The summed E-state index contributed by atoms with van der Waals surface area (Å²) >= 11 is 0. The van der Waals surface area contributed by atoms with Crippen molar-refractivity contribution in [3.63, 3.8) is 0 Å². The molecule has 1 N–H and O–H groups in total. The fourth-order valence-electron chi connectivity index (χ4n) is 2.69. The normalized spacial score (nSPS) is 11.2. The van der Waals surface area contributed by atoms with Crippen LogP contribution in [0.25, 0.3) is 32.9 Å². The third kappa shape index (κ3) is 1.55. The summed E-state index contributed by atoms with van der Waals surface area (Å²) in [6, 6.07) is 26.3. The van der Waals surface area contributed by atoms with Crippen molar-refractivity contribution >= 4 is 21.8 Å². The molecule has 0 saturated carbocycles. The standard InChI is InChI=1S/C18H12N/c1-2-7-13(8-3-1)14-10-6-12-17-18(14)15-9-4-5-11-16(15)19-17/h1-7,9-12,19H. The molecule has 0 bridgehead atoms. The van der Waals surface area contributed by atoms with Gasteiger partial charge in [-0.2, -0.15) is 0 Å². The van der Waals surface area contributed by atoms with Crippen LogP contribution in [0.4, 0.5) is 0 Å². The van der Waals surface area contributed by atoms with Gasteiger partial charge in [0.25, 0.3) is 0 Å². The Morgan fingerprint density at radius 2 is 1.58 bits per heavy atom. The van der Waals surface area contributed by atoms with Crippen LogP contribution in [0.2, 0.25) is 0 Å². The van der Waals surface area contributed by atoms with E-state index in [0.29, 0.717) is 0 Å². The largest absolute Gasteiger partial charge is 0.354 e. The van der Waals surface area contributed by atoms with Gasteiger partial charge in [-0.25, -0.2) is 0 Å². The van der Waals surface area contributed by atoms with Gasteiger partial charge >= 0.3 is 0 Å². The van der Waals surface area contributed by atoms with Crippen LogP contribution in [0.3, 0.4) is 0 Å². The van der Waals surface area contributed by atoms with Gasteiger partial charge in [-0.05, 0) is 29.3 Å². The van der Waals surface area contributed by atoms with Gasteiger partial charge in [0.1, 0.15) is 0 Å². The van der Waals surface area contributed by atoms with E-state index in [0.717, 1.165) is 5.56 Å². The van der Waals surface area contributed by atoms with E-state index in [9.17, 15) is 0 Å². The van der Waals surface area contributed by atoms with Gasteiger partial charge in [-0.1, -0.05) is 54.6 Å². The molecule has 3 aromatic carbocycles. The monoisotopic (exact) mass is 242 g/mol. The van der Waals surface area contributed by atoms with E-state index in [-0.39, 0.29) is 0 Å². The molecule has 1 radical (unpaired) electrons. The van der Waals surface area contributed by atoms with E-state index in [2.05, 4.69) is 65.6 Å². The molecule has 0 aliphatic rings. The lowest BCUT2D eigenvalue weighted by atomic mass is 10.00. The number of hydrogen-bond donors (Lipinski definition) is 1. The number of aromatic amines is 1. The summed E-state index contributed by atoms with van der Waals surface area (Å²) in [5, 5.41) is 2.55. The summed E-state index contributed by atoms with van der Waals surface area (Å²) in [7, 11) is 0. The molecule has 0 aliphatic heterocycles. The maximum absolute atomic E-state index is 3.47. The van der Waals surface area contributed by atoms with Crippen LogP contribution < -0.4 is 0 Å². The average Bonchev–Trinajstić information content (AvgIpc) is 2.86. The van der Waals surface area contributed by atoms with Gasteiger partial charge in [0.05, 0.1) is 0 Å². The van der Waals surface area contributed by atoms with Gasteiger partial charge < -0.3 is 4.98 Å². The van der Waals surface area contributed by atoms with Crippen molar-refractivity contribution in [1.29, 1.82) is 0 Å². The Kier molecular flexibility index (Phi) is 2.18. The van der Waals surface area contributed by atoms with Crippen LogP contribution in [-0.4, -0.2) is 4.98 Å². The van der Waals surface area contributed by atoms with Gasteiger partial charge in [0.15, 0.2) is 0 Å². The fourth-order valence-corrected chi connectivity index (χ4v) is 2.69. The van der Waals surface area contributed by atoms with E-state index in [1.807, 2.05) is 12.1 Å². The van der Waals surface area contributed by atoms with E-state index in [4.69, 9.17) is 0 Å². The Morgan fingerprint density at radius 1 is 0.737 bits per heavy atom. The SMILES string of the molecule is [c]1ccccc1-c1cccc2[nH]c3ccccc3c12. The van der Waals surface area contributed by atoms with Crippen molar-refractivity contribution in [3.05, 3.63) is 72.8 Å². The molecule has 1 aromatic heterocycles. The molecule has 1 heterocycles. The van der Waals surface area contributed by atoms with Crippen LogP contribution in [0.15, 0.2) is 66.7 Å². The third-order valence-corrected chi connectivity index (χ3v) is 3.53. The first-order valence-corrected chi connectivity index (χ1v) is 6.40. The van der Waals surface area contributed by atoms with Gasteiger partial charge in [-0.15, -0.1) is 0 Å². The van der Waals surface area contributed by atoms with Gasteiger partial charge in [-0.3, -0.25) is 0 Å². The number of hydrogen-bond acceptors (Lipinski definition) is 0. The Hall–Kier alpha value is -2.54. The number of fused-ring (bicyclic) bond motifs is 3. The number of para-hydroxylation sites is 1. The van der Waals surface area contributed by atoms with Crippen molar-refractivity contribution in [2.45, 2.75) is 0 Å². The van der Waals surface area contributed by atoms with Crippen molar-refractivity contribution in [2.24, 2.45) is 0 Å². The second-order valence-electron chi connectivity index (χ2n) is 4.67. The Bertz CT molecular complexity index is 857. The molecule has 0 saturated heterocycles. The van der Waals surface area contributed by atoms with E-state index in [1.54, 1.807) is 0 Å². The van der Waals surface area contributed by atoms with E-state index in [1.165, 1.54) is 27.4 Å². The predicted octanol–water partition coefficient (Wildman–Crippen LogP) is 4.79. The molecule has 0 unspecified atom stereocenters. The average molecular weight is 242 g/mol. The molecule has 0 aliphatic carbocycles. The highest BCUT2D eigenvalue weighted by molar-refractivity contribution is 6.14. The van der Waals surface area contributed by atoms with Crippen molar-refractivity contribution in [2.75, 3.05) is 0 Å². The second-order valence-corrected chi connectivity index (χ2v) is 4.67. The molecule has 0 amide bonds. The maximum atomic E-state index is 3.47. The van der Waals surface area contributed by atoms with Gasteiger partial charge in [0.2, 0.25) is 0 Å². The highest BCUT2D eigenvalue weighted by atomic mass is 14.7. The minimum atomic E-state index is 1.14. The topological polar surface area (TPSA) is 15.8 Å². The quantitative estimate of drug-likeness (QED) is 0.494. The molecule has 89 valence electrons.